The predicted molar refractivity (Wildman–Crippen MR) is 29.1 cm³/mol. The molecule has 0 aliphatic heterocycles. The van der Waals surface area contributed by atoms with Gasteiger partial charge < -0.3 is 0 Å². The van der Waals surface area contributed by atoms with Gasteiger partial charge in [0, 0.05) is 6.08 Å². The molecule has 0 amide bonds. The minimum absolute atomic E-state index is 0.407. The maximum absolute atomic E-state index is 10.3. The Balaban J connectivity index is 2.60. The number of nitrogens with zero attached hydrogens (tertiary/aromatic N) is 1. The zero-order valence-corrected chi connectivity index (χ0v) is 4.86. The molecule has 1 rings (SSSR count). The van der Waals surface area contributed by atoms with Crippen LogP contribution in [0.1, 0.15) is 0 Å². The van der Waals surface area contributed by atoms with Crippen LogP contribution in [0.5, 0.6) is 0 Å². The molecule has 0 bridgehead atoms. The molecule has 0 aliphatic carbocycles. The second-order valence-corrected chi connectivity index (χ2v) is 1.37. The second kappa shape index (κ2) is 2.26. The maximum Gasteiger partial charge on any atom is 0.425 e. The minimum Gasteiger partial charge on any atom is -0.295 e. The van der Waals surface area contributed by atoms with Crippen molar-refractivity contribution in [3.05, 3.63) is 23.1 Å². The summed E-state index contributed by atoms with van der Waals surface area (Å²) in [5.74, 6) is -0.755. The molecule has 0 aliphatic rings. The first-order valence-electron chi connectivity index (χ1n) is 2.35. The molecule has 0 atom stereocenters. The van der Waals surface area contributed by atoms with E-state index in [2.05, 4.69) is 16.0 Å². The van der Waals surface area contributed by atoms with Crippen molar-refractivity contribution in [2.75, 3.05) is 0 Å². The first-order valence-corrected chi connectivity index (χ1v) is 2.35. The highest BCUT2D eigenvalue weighted by molar-refractivity contribution is 5.81. The Morgan fingerprint density at radius 3 is 2.90 bits per heavy atom. The van der Waals surface area contributed by atoms with E-state index in [0.717, 1.165) is 6.08 Å². The molecule has 0 radical (unpaired) electrons. The third kappa shape index (κ3) is 0.993. The van der Waals surface area contributed by atoms with Crippen LogP contribution in [0.4, 0.5) is 0 Å². The normalized spacial score (nSPS) is 9.20. The number of H-pyrrole nitrogens is 1. The zero-order chi connectivity index (χ0) is 7.56. The number of rotatable bonds is 2. The molecule has 0 saturated carbocycles. The summed E-state index contributed by atoms with van der Waals surface area (Å²) >= 11 is 0. The summed E-state index contributed by atoms with van der Waals surface area (Å²) in [5, 5.41) is 1.86. The van der Waals surface area contributed by atoms with Gasteiger partial charge in [-0.05, 0) is 0 Å². The van der Waals surface area contributed by atoms with E-state index in [1.54, 1.807) is 0 Å². The highest BCUT2D eigenvalue weighted by atomic mass is 16.9. The largest absolute Gasteiger partial charge is 0.425 e. The van der Waals surface area contributed by atoms with Crippen molar-refractivity contribution in [2.45, 2.75) is 0 Å². The summed E-state index contributed by atoms with van der Waals surface area (Å²) in [6.07, 6.45) is 0.912. The van der Waals surface area contributed by atoms with Gasteiger partial charge in [0.05, 0.1) is 4.90 Å². The van der Waals surface area contributed by atoms with E-state index in [4.69, 9.17) is 0 Å². The van der Waals surface area contributed by atoms with Crippen LogP contribution in [0.2, 0.25) is 0 Å². The molecule has 0 fully saturated rings. The number of carbonyl (C=O) groups is 1. The number of carbonyl (C=O) groups excluding carboxylic acids is 1. The van der Waals surface area contributed by atoms with Gasteiger partial charge in [0.25, 0.3) is 0 Å². The lowest BCUT2D eigenvalue weighted by atomic mass is 10.7. The Morgan fingerprint density at radius 1 is 1.90 bits per heavy atom. The van der Waals surface area contributed by atoms with Crippen LogP contribution in [0.25, 0.3) is 0 Å². The van der Waals surface area contributed by atoms with Crippen molar-refractivity contribution in [1.82, 2.24) is 10.1 Å². The van der Waals surface area contributed by atoms with Crippen molar-refractivity contribution in [2.24, 2.45) is 0 Å². The van der Waals surface area contributed by atoms with Crippen LogP contribution in [0.15, 0.2) is 22.1 Å². The fourth-order valence-corrected chi connectivity index (χ4v) is 0.299. The molecule has 1 aromatic rings. The van der Waals surface area contributed by atoms with E-state index in [-0.39, 0.29) is 0 Å². The fourth-order valence-electron chi connectivity index (χ4n) is 0.299. The highest BCUT2D eigenvalue weighted by Crippen LogP contribution is 1.73. The molecule has 6 heteroatoms. The van der Waals surface area contributed by atoms with Crippen LogP contribution < -0.4 is 10.5 Å². The van der Waals surface area contributed by atoms with Gasteiger partial charge >= 0.3 is 11.7 Å². The first-order chi connectivity index (χ1) is 4.74. The van der Waals surface area contributed by atoms with Crippen molar-refractivity contribution >= 4 is 5.97 Å². The molecule has 1 heterocycles. The molecule has 0 spiro atoms. The standard InChI is InChI=1S/C4H4N2O4/c1-2-3(7)9-6-4(8)5-10-6/h2H,1H2,(H,5,8). The van der Waals surface area contributed by atoms with Crippen LogP contribution >= 0.6 is 0 Å². The molecule has 0 unspecified atom stereocenters. The van der Waals surface area contributed by atoms with Crippen LogP contribution in [0, 0.1) is 0 Å². The molecular weight excluding hydrogens is 140 g/mol. The summed E-state index contributed by atoms with van der Waals surface area (Å²) in [6.45, 7) is 3.11. The summed E-state index contributed by atoms with van der Waals surface area (Å²) in [7, 11) is 0. The average molecular weight is 144 g/mol. The van der Waals surface area contributed by atoms with Gasteiger partial charge in [-0.2, -0.15) is 0 Å². The number of nitrogens with one attached hydrogen (secondary N) is 1. The molecule has 0 saturated heterocycles. The van der Waals surface area contributed by atoms with E-state index in [1.165, 1.54) is 0 Å². The summed E-state index contributed by atoms with van der Waals surface area (Å²) in [6, 6.07) is 0. The number of aromatic amines is 1. The van der Waals surface area contributed by atoms with Crippen LogP contribution in [0.3, 0.4) is 0 Å². The zero-order valence-electron chi connectivity index (χ0n) is 4.86. The Morgan fingerprint density at radius 2 is 2.60 bits per heavy atom. The van der Waals surface area contributed by atoms with Crippen molar-refractivity contribution in [3.63, 3.8) is 0 Å². The van der Waals surface area contributed by atoms with E-state index in [1.807, 2.05) is 5.16 Å². The summed E-state index contributed by atoms with van der Waals surface area (Å²) < 4.78 is 4.16. The Kier molecular flexibility index (Phi) is 1.44. The van der Waals surface area contributed by atoms with Crippen molar-refractivity contribution in [3.8, 4) is 0 Å². The molecule has 6 nitrogen and oxygen atoms in total. The molecule has 54 valence electrons. The van der Waals surface area contributed by atoms with Crippen molar-refractivity contribution < 1.29 is 14.3 Å². The molecule has 10 heavy (non-hydrogen) atoms. The lowest BCUT2D eigenvalue weighted by molar-refractivity contribution is -0.161. The third-order valence-corrected chi connectivity index (χ3v) is 0.721. The Hall–Kier alpha value is -1.72. The topological polar surface area (TPSA) is 77.2 Å². The van der Waals surface area contributed by atoms with Crippen LogP contribution in [-0.2, 0) is 4.79 Å². The lowest BCUT2D eigenvalue weighted by Gasteiger charge is -2.00. The van der Waals surface area contributed by atoms with E-state index < -0.39 is 11.7 Å². The first kappa shape index (κ1) is 6.40. The summed E-state index contributed by atoms with van der Waals surface area (Å²) in [4.78, 5) is 25.2. The smallest absolute Gasteiger partial charge is 0.295 e. The molecule has 0 aromatic carbocycles. The second-order valence-electron chi connectivity index (χ2n) is 1.37. The fraction of sp³-hybridized carbons (Fsp3) is 0. The number of aromatic nitrogens is 2. The molecule has 1 aromatic heterocycles. The SMILES string of the molecule is C=CC(=O)On1o[nH]c1=O. The summed E-state index contributed by atoms with van der Waals surface area (Å²) in [5.41, 5.74) is -0.629. The van der Waals surface area contributed by atoms with Gasteiger partial charge in [-0.25, -0.2) is 14.2 Å². The molecular formula is C4H4N2O4. The maximum atomic E-state index is 10.3. The predicted octanol–water partition coefficient (Wildman–Crippen LogP) is -1.09. The average Bonchev–Trinajstić information content (AvgIpc) is 1.96. The van der Waals surface area contributed by atoms with Gasteiger partial charge in [0.1, 0.15) is 0 Å². The van der Waals surface area contributed by atoms with Gasteiger partial charge in [0.2, 0.25) is 0 Å². The quantitative estimate of drug-likeness (QED) is 0.535. The van der Waals surface area contributed by atoms with Gasteiger partial charge in [-0.1, -0.05) is 6.58 Å². The molecule has 1 N–H and O–H groups in total. The monoisotopic (exact) mass is 144 g/mol. The number of hydrogen-bond donors (Lipinski definition) is 1. The van der Waals surface area contributed by atoms with E-state index in [0.29, 0.717) is 4.90 Å². The van der Waals surface area contributed by atoms with Crippen LogP contribution in [-0.4, -0.2) is 16.0 Å². The van der Waals surface area contributed by atoms with E-state index >= 15 is 0 Å². The lowest BCUT2D eigenvalue weighted by Crippen LogP contribution is -2.36. The number of hydrogen-bond acceptors (Lipinski definition) is 4. The Bertz CT molecular complexity index is 290. The minimum atomic E-state index is -0.755. The van der Waals surface area contributed by atoms with Crippen molar-refractivity contribution in [1.29, 1.82) is 0 Å². The third-order valence-electron chi connectivity index (χ3n) is 0.721. The van der Waals surface area contributed by atoms with E-state index in [9.17, 15) is 9.59 Å². The van der Waals surface area contributed by atoms with Gasteiger partial charge in [0.15, 0.2) is 0 Å². The van der Waals surface area contributed by atoms with Gasteiger partial charge in [-0.15, -0.1) is 5.16 Å². The highest BCUT2D eigenvalue weighted by Gasteiger charge is 2.05. The van der Waals surface area contributed by atoms with Gasteiger partial charge in [-0.3, -0.25) is 4.84 Å². The Labute approximate surface area is 54.6 Å².